The van der Waals surface area contributed by atoms with Crippen molar-refractivity contribution in [3.8, 4) is 0 Å². The van der Waals surface area contributed by atoms with Gasteiger partial charge in [0.1, 0.15) is 0 Å². The Morgan fingerprint density at radius 1 is 0.706 bits per heavy atom. The van der Waals surface area contributed by atoms with E-state index in [1.54, 1.807) is 15.8 Å². The van der Waals surface area contributed by atoms with Gasteiger partial charge in [-0.15, -0.1) is 0 Å². The molecule has 0 aliphatic heterocycles. The van der Waals surface area contributed by atoms with Crippen LogP contribution in [0.2, 0.25) is 15.8 Å². The van der Waals surface area contributed by atoms with E-state index in [2.05, 4.69) is 32.6 Å². The van der Waals surface area contributed by atoms with Gasteiger partial charge in [-0.05, 0) is 19.6 Å². The van der Waals surface area contributed by atoms with Crippen molar-refractivity contribution < 1.29 is 0 Å². The van der Waals surface area contributed by atoms with Gasteiger partial charge in [0.15, 0.2) is 0 Å². The molecule has 0 heterocycles. The molecule has 0 fully saturated rings. The van der Waals surface area contributed by atoms with Gasteiger partial charge in [-0.3, -0.25) is 0 Å². The van der Waals surface area contributed by atoms with Gasteiger partial charge in [0.25, 0.3) is 14.1 Å². The Kier molecular flexibility index (Phi) is 13.3. The maximum absolute atomic E-state index is 2.57. The van der Waals surface area contributed by atoms with Crippen LogP contribution in [0.25, 0.3) is 0 Å². The first-order valence-corrected chi connectivity index (χ1v) is 10.5. The van der Waals surface area contributed by atoms with Crippen LogP contribution in [0.15, 0.2) is 0 Å². The number of nitrogens with zero attached hydrogens (tertiary/aromatic N) is 1. The minimum atomic E-state index is -0.377. The third-order valence-electron chi connectivity index (χ3n) is 3.91. The first-order chi connectivity index (χ1) is 8.28. The van der Waals surface area contributed by atoms with Crippen LogP contribution in [0.3, 0.4) is 0 Å². The fourth-order valence-electron chi connectivity index (χ4n) is 2.56. The van der Waals surface area contributed by atoms with Gasteiger partial charge < -0.3 is 4.90 Å². The van der Waals surface area contributed by atoms with E-state index >= 15 is 0 Å². The molecule has 0 aliphatic carbocycles. The Bertz CT molecular complexity index is 138. The summed E-state index contributed by atoms with van der Waals surface area (Å²) >= 11 is -0.377. The Morgan fingerprint density at radius 2 is 1.18 bits per heavy atom. The number of rotatable bonds is 12. The molecule has 0 spiro atoms. The predicted octanol–water partition coefficient (Wildman–Crippen LogP) is 4.81. The van der Waals surface area contributed by atoms with Crippen LogP contribution in [0.4, 0.5) is 0 Å². The van der Waals surface area contributed by atoms with Crippen LogP contribution in [0, 0.1) is 0 Å². The van der Waals surface area contributed by atoms with Gasteiger partial charge >= 0.3 is 0 Å². The molecule has 0 amide bonds. The molecule has 0 aliphatic rings. The molecule has 0 saturated carbocycles. The molecule has 1 nitrogen and oxygen atoms in total. The average Bonchev–Trinajstić information content (AvgIpc) is 2.37. The van der Waals surface area contributed by atoms with Crippen LogP contribution >= 0.6 is 0 Å². The quantitative estimate of drug-likeness (QED) is 0.452. The molecule has 0 aromatic rings. The SMILES string of the molecule is CCC[CH2][Al]([CH2]CCC)[CH2]CCN(CC)CC. The van der Waals surface area contributed by atoms with E-state index in [0.717, 1.165) is 0 Å². The fraction of sp³-hybridized carbons (Fsp3) is 1.00. The van der Waals surface area contributed by atoms with E-state index < -0.39 is 0 Å². The lowest BCUT2D eigenvalue weighted by Crippen LogP contribution is -2.25. The molecule has 0 N–H and O–H groups in total. The van der Waals surface area contributed by atoms with Crippen molar-refractivity contribution in [2.75, 3.05) is 19.6 Å². The summed E-state index contributed by atoms with van der Waals surface area (Å²) in [4.78, 5) is 2.57. The van der Waals surface area contributed by atoms with Crippen molar-refractivity contribution in [3.05, 3.63) is 0 Å². The molecule has 0 unspecified atom stereocenters. The molecule has 17 heavy (non-hydrogen) atoms. The van der Waals surface area contributed by atoms with Gasteiger partial charge in [-0.25, -0.2) is 0 Å². The largest absolute Gasteiger partial charge is 0.304 e. The highest BCUT2D eigenvalue weighted by Crippen LogP contribution is 2.15. The van der Waals surface area contributed by atoms with Crippen molar-refractivity contribution in [1.82, 2.24) is 4.90 Å². The van der Waals surface area contributed by atoms with Gasteiger partial charge in [-0.1, -0.05) is 75.6 Å². The van der Waals surface area contributed by atoms with Crippen LogP contribution in [-0.4, -0.2) is 38.7 Å². The monoisotopic (exact) mass is 255 g/mol. The maximum atomic E-state index is 2.57. The standard InChI is InChI=1S/C7H16N.2C4H9.Al/c1-4-7-8(5-2)6-3;2*1-3-4-2;/h1,4-7H2,2-3H3;2*1,3-4H2,2H3;. The molecule has 0 saturated heterocycles. The smallest absolute Gasteiger partial charge is 0.261 e. The van der Waals surface area contributed by atoms with Crippen molar-refractivity contribution in [3.63, 3.8) is 0 Å². The Morgan fingerprint density at radius 3 is 1.59 bits per heavy atom. The minimum Gasteiger partial charge on any atom is -0.304 e. The Labute approximate surface area is 114 Å². The number of hydrogen-bond donors (Lipinski definition) is 0. The summed E-state index contributed by atoms with van der Waals surface area (Å²) in [5.74, 6) is 0. The van der Waals surface area contributed by atoms with Crippen LogP contribution < -0.4 is 0 Å². The summed E-state index contributed by atoms with van der Waals surface area (Å²) in [6.45, 7) is 13.0. The van der Waals surface area contributed by atoms with Crippen molar-refractivity contribution >= 4 is 14.1 Å². The summed E-state index contributed by atoms with van der Waals surface area (Å²) in [7, 11) is 0. The third kappa shape index (κ3) is 10.1. The molecular weight excluding hydrogens is 221 g/mol. The van der Waals surface area contributed by atoms with Gasteiger partial charge in [0.2, 0.25) is 0 Å². The third-order valence-corrected chi connectivity index (χ3v) is 7.59. The lowest BCUT2D eigenvalue weighted by atomic mass is 10.4. The lowest BCUT2D eigenvalue weighted by Gasteiger charge is -2.19. The van der Waals surface area contributed by atoms with Gasteiger partial charge in [0.05, 0.1) is 0 Å². The highest BCUT2D eigenvalue weighted by molar-refractivity contribution is 6.58. The maximum Gasteiger partial charge on any atom is 0.261 e. The molecule has 0 rings (SSSR count). The molecule has 0 atom stereocenters. The van der Waals surface area contributed by atoms with E-state index in [0.29, 0.717) is 0 Å². The predicted molar refractivity (Wildman–Crippen MR) is 82.4 cm³/mol. The summed E-state index contributed by atoms with van der Waals surface area (Å²) in [5, 5.41) is 4.81. The van der Waals surface area contributed by atoms with Gasteiger partial charge in [0, 0.05) is 0 Å². The van der Waals surface area contributed by atoms with E-state index in [9.17, 15) is 0 Å². The molecule has 2 heteroatoms. The second kappa shape index (κ2) is 12.9. The Hall–Kier alpha value is 0.492. The molecular formula is C15H34AlN. The second-order valence-corrected chi connectivity index (χ2v) is 8.78. The summed E-state index contributed by atoms with van der Waals surface area (Å²) in [6, 6.07) is 0. The molecule has 0 aromatic carbocycles. The average molecular weight is 255 g/mol. The van der Waals surface area contributed by atoms with Crippen LogP contribution in [-0.2, 0) is 0 Å². The zero-order valence-electron chi connectivity index (χ0n) is 12.8. The Balaban J connectivity index is 3.72. The summed E-state index contributed by atoms with van der Waals surface area (Å²) in [5.41, 5.74) is 0. The topological polar surface area (TPSA) is 3.24 Å². The molecule has 0 aromatic heterocycles. The fourth-order valence-corrected chi connectivity index (χ4v) is 6.16. The van der Waals surface area contributed by atoms with Crippen molar-refractivity contribution in [2.45, 2.75) is 75.6 Å². The van der Waals surface area contributed by atoms with Crippen molar-refractivity contribution in [1.29, 1.82) is 0 Å². The lowest BCUT2D eigenvalue weighted by molar-refractivity contribution is 0.304. The molecule has 0 bridgehead atoms. The first-order valence-electron chi connectivity index (χ1n) is 8.00. The second-order valence-electron chi connectivity index (χ2n) is 5.32. The molecule has 0 radical (unpaired) electrons. The van der Waals surface area contributed by atoms with E-state index in [1.807, 2.05) is 0 Å². The van der Waals surface area contributed by atoms with Crippen LogP contribution in [0.1, 0.15) is 59.8 Å². The highest BCUT2D eigenvalue weighted by atomic mass is 27.2. The van der Waals surface area contributed by atoms with E-state index in [4.69, 9.17) is 0 Å². The van der Waals surface area contributed by atoms with Gasteiger partial charge in [-0.2, -0.15) is 0 Å². The minimum absolute atomic E-state index is 0.377. The van der Waals surface area contributed by atoms with Crippen LogP contribution in [0.5, 0.6) is 0 Å². The summed E-state index contributed by atoms with van der Waals surface area (Å²) < 4.78 is 0. The zero-order chi connectivity index (χ0) is 12.9. The molecule has 102 valence electrons. The first kappa shape index (κ1) is 17.5. The number of hydrogen-bond acceptors (Lipinski definition) is 1. The normalized spacial score (nSPS) is 11.1. The van der Waals surface area contributed by atoms with E-state index in [-0.39, 0.29) is 14.1 Å². The number of unbranched alkanes of at least 4 members (excludes halogenated alkanes) is 2. The van der Waals surface area contributed by atoms with E-state index in [1.165, 1.54) is 51.7 Å². The highest BCUT2D eigenvalue weighted by Gasteiger charge is 2.15. The summed E-state index contributed by atoms with van der Waals surface area (Å²) in [6.07, 6.45) is 7.24. The zero-order valence-corrected chi connectivity index (χ0v) is 14.0. The van der Waals surface area contributed by atoms with Crippen molar-refractivity contribution in [2.24, 2.45) is 0 Å².